The van der Waals surface area contributed by atoms with Crippen LogP contribution in [0.5, 0.6) is 5.75 Å². The summed E-state index contributed by atoms with van der Waals surface area (Å²) in [5, 5.41) is 5.36. The van der Waals surface area contributed by atoms with Gasteiger partial charge in [-0.3, -0.25) is 13.9 Å². The fourth-order valence-electron chi connectivity index (χ4n) is 3.80. The van der Waals surface area contributed by atoms with Gasteiger partial charge < -0.3 is 15.4 Å². The highest BCUT2D eigenvalue weighted by Gasteiger charge is 2.32. The van der Waals surface area contributed by atoms with E-state index in [-0.39, 0.29) is 21.4 Å². The number of methoxy groups -OCH3 is 1. The Morgan fingerprint density at radius 1 is 1.03 bits per heavy atom. The molecule has 0 bridgehead atoms. The topological polar surface area (TPSA) is 105 Å². The van der Waals surface area contributed by atoms with Gasteiger partial charge >= 0.3 is 0 Å². The van der Waals surface area contributed by atoms with Gasteiger partial charge in [0.05, 0.1) is 23.5 Å². The molecule has 176 valence electrons. The standard InChI is InChI=1S/C24H22ClN3O5S/c1-15(29)26-18-8-10-22(33-2)20(14-18)27-24(30)17-7-9-19(25)23(13-17)34(31,32)28-12-11-16-5-3-4-6-21(16)28/h3-10,13-14H,11-12H2,1-2H3,(H,26,29)(H,27,30). The van der Waals surface area contributed by atoms with E-state index in [9.17, 15) is 18.0 Å². The fraction of sp³-hybridized carbons (Fsp3) is 0.167. The largest absolute Gasteiger partial charge is 0.495 e. The smallest absolute Gasteiger partial charge is 0.265 e. The van der Waals surface area contributed by atoms with Crippen LogP contribution in [0.4, 0.5) is 17.1 Å². The first kappa shape index (κ1) is 23.6. The Morgan fingerprint density at radius 2 is 1.79 bits per heavy atom. The first-order chi connectivity index (χ1) is 16.2. The van der Waals surface area contributed by atoms with Crippen molar-refractivity contribution in [1.82, 2.24) is 0 Å². The first-order valence-electron chi connectivity index (χ1n) is 10.4. The van der Waals surface area contributed by atoms with Crippen molar-refractivity contribution in [2.75, 3.05) is 28.6 Å². The molecule has 0 aliphatic carbocycles. The molecule has 10 heteroatoms. The summed E-state index contributed by atoms with van der Waals surface area (Å²) in [4.78, 5) is 24.2. The van der Waals surface area contributed by atoms with Crippen LogP contribution in [0.2, 0.25) is 5.02 Å². The van der Waals surface area contributed by atoms with E-state index in [1.165, 1.54) is 36.5 Å². The molecule has 0 radical (unpaired) electrons. The molecule has 1 heterocycles. The van der Waals surface area contributed by atoms with Crippen molar-refractivity contribution in [3.63, 3.8) is 0 Å². The van der Waals surface area contributed by atoms with Crippen LogP contribution in [0.3, 0.4) is 0 Å². The number of para-hydroxylation sites is 1. The van der Waals surface area contributed by atoms with Crippen molar-refractivity contribution < 1.29 is 22.7 Å². The Hall–Kier alpha value is -3.56. The molecule has 4 rings (SSSR count). The molecule has 0 fully saturated rings. The molecular formula is C24H22ClN3O5S. The van der Waals surface area contributed by atoms with Crippen molar-refractivity contribution in [2.24, 2.45) is 0 Å². The summed E-state index contributed by atoms with van der Waals surface area (Å²) < 4.78 is 33.5. The number of fused-ring (bicyclic) bond motifs is 1. The summed E-state index contributed by atoms with van der Waals surface area (Å²) in [7, 11) is -2.55. The van der Waals surface area contributed by atoms with E-state index in [1.807, 2.05) is 12.1 Å². The third-order valence-corrected chi connectivity index (χ3v) is 7.67. The molecule has 0 unspecified atom stereocenters. The number of carbonyl (C=O) groups is 2. The Labute approximate surface area is 202 Å². The predicted octanol–water partition coefficient (Wildman–Crippen LogP) is 4.31. The maximum absolute atomic E-state index is 13.4. The minimum absolute atomic E-state index is 0.0196. The van der Waals surface area contributed by atoms with Crippen LogP contribution in [0.1, 0.15) is 22.8 Å². The van der Waals surface area contributed by atoms with Crippen LogP contribution in [0, 0.1) is 0 Å². The van der Waals surface area contributed by atoms with E-state index in [0.29, 0.717) is 35.8 Å². The normalized spacial score (nSPS) is 12.7. The number of halogens is 1. The number of hydrogen-bond acceptors (Lipinski definition) is 5. The zero-order valence-corrected chi connectivity index (χ0v) is 20.0. The van der Waals surface area contributed by atoms with Gasteiger partial charge in [-0.2, -0.15) is 0 Å². The number of hydrogen-bond donors (Lipinski definition) is 2. The molecule has 2 amide bonds. The van der Waals surface area contributed by atoms with Crippen molar-refractivity contribution in [2.45, 2.75) is 18.2 Å². The minimum atomic E-state index is -4.00. The Kier molecular flexibility index (Phi) is 6.49. The zero-order valence-electron chi connectivity index (χ0n) is 18.5. The van der Waals surface area contributed by atoms with E-state index in [4.69, 9.17) is 16.3 Å². The molecular weight excluding hydrogens is 478 g/mol. The molecule has 0 saturated heterocycles. The van der Waals surface area contributed by atoms with E-state index in [0.717, 1.165) is 5.56 Å². The summed E-state index contributed by atoms with van der Waals surface area (Å²) in [5.41, 5.74) is 2.42. The molecule has 0 aromatic heterocycles. The van der Waals surface area contributed by atoms with Gasteiger partial charge in [0.1, 0.15) is 10.6 Å². The van der Waals surface area contributed by atoms with Gasteiger partial charge in [0.15, 0.2) is 0 Å². The molecule has 8 nitrogen and oxygen atoms in total. The second-order valence-electron chi connectivity index (χ2n) is 7.65. The molecule has 0 saturated carbocycles. The second kappa shape index (κ2) is 9.36. The average molecular weight is 500 g/mol. The predicted molar refractivity (Wildman–Crippen MR) is 131 cm³/mol. The summed E-state index contributed by atoms with van der Waals surface area (Å²) in [6.45, 7) is 1.67. The third-order valence-electron chi connectivity index (χ3n) is 5.37. The van der Waals surface area contributed by atoms with Crippen LogP contribution < -0.4 is 19.7 Å². The molecule has 1 aliphatic heterocycles. The lowest BCUT2D eigenvalue weighted by Crippen LogP contribution is -2.29. The van der Waals surface area contributed by atoms with Gasteiger partial charge in [-0.15, -0.1) is 0 Å². The highest BCUT2D eigenvalue weighted by molar-refractivity contribution is 7.93. The number of anilines is 3. The quantitative estimate of drug-likeness (QED) is 0.526. The molecule has 2 N–H and O–H groups in total. The van der Waals surface area contributed by atoms with Crippen LogP contribution in [0.25, 0.3) is 0 Å². The van der Waals surface area contributed by atoms with Gasteiger partial charge in [0.2, 0.25) is 5.91 Å². The number of sulfonamides is 1. The van der Waals surface area contributed by atoms with Gasteiger partial charge in [-0.1, -0.05) is 29.8 Å². The number of rotatable bonds is 6. The molecule has 34 heavy (non-hydrogen) atoms. The van der Waals surface area contributed by atoms with Crippen molar-refractivity contribution in [3.8, 4) is 5.75 Å². The molecule has 3 aromatic carbocycles. The number of benzene rings is 3. The molecule has 0 atom stereocenters. The fourth-order valence-corrected chi connectivity index (χ4v) is 5.81. The molecule has 3 aromatic rings. The van der Waals surface area contributed by atoms with Crippen LogP contribution >= 0.6 is 11.6 Å². The van der Waals surface area contributed by atoms with Gasteiger partial charge in [0, 0.05) is 24.7 Å². The molecule has 1 aliphatic rings. The van der Waals surface area contributed by atoms with Gasteiger partial charge in [-0.05, 0) is 54.4 Å². The Bertz CT molecular complexity index is 1390. The van der Waals surface area contributed by atoms with Gasteiger partial charge in [-0.25, -0.2) is 8.42 Å². The van der Waals surface area contributed by atoms with Crippen LogP contribution in [-0.4, -0.2) is 33.9 Å². The Balaban J connectivity index is 1.65. The lowest BCUT2D eigenvalue weighted by Gasteiger charge is -2.20. The number of amides is 2. The minimum Gasteiger partial charge on any atom is -0.495 e. The summed E-state index contributed by atoms with van der Waals surface area (Å²) in [6.07, 6.45) is 0.595. The molecule has 0 spiro atoms. The summed E-state index contributed by atoms with van der Waals surface area (Å²) in [6, 6.07) is 16.2. The summed E-state index contributed by atoms with van der Waals surface area (Å²) >= 11 is 6.27. The van der Waals surface area contributed by atoms with E-state index in [2.05, 4.69) is 10.6 Å². The van der Waals surface area contributed by atoms with Crippen molar-refractivity contribution in [1.29, 1.82) is 0 Å². The van der Waals surface area contributed by atoms with Crippen LogP contribution in [0.15, 0.2) is 65.6 Å². The first-order valence-corrected chi connectivity index (χ1v) is 12.2. The lowest BCUT2D eigenvalue weighted by atomic mass is 10.2. The maximum Gasteiger partial charge on any atom is 0.265 e. The third kappa shape index (κ3) is 4.57. The SMILES string of the molecule is COc1ccc(NC(C)=O)cc1NC(=O)c1ccc(Cl)c(S(=O)(=O)N2CCc3ccccc32)c1. The van der Waals surface area contributed by atoms with E-state index >= 15 is 0 Å². The average Bonchev–Trinajstić information content (AvgIpc) is 3.24. The Morgan fingerprint density at radius 3 is 2.53 bits per heavy atom. The van der Waals surface area contributed by atoms with E-state index in [1.54, 1.807) is 30.3 Å². The van der Waals surface area contributed by atoms with Gasteiger partial charge in [0.25, 0.3) is 15.9 Å². The highest BCUT2D eigenvalue weighted by Crippen LogP contribution is 2.35. The maximum atomic E-state index is 13.4. The van der Waals surface area contributed by atoms with E-state index < -0.39 is 15.9 Å². The van der Waals surface area contributed by atoms with Crippen molar-refractivity contribution in [3.05, 3.63) is 76.8 Å². The van der Waals surface area contributed by atoms with Crippen molar-refractivity contribution >= 4 is 50.5 Å². The zero-order chi connectivity index (χ0) is 24.5. The summed E-state index contributed by atoms with van der Waals surface area (Å²) in [5.74, 6) is -0.454. The number of nitrogens with one attached hydrogen (secondary N) is 2. The second-order valence-corrected chi connectivity index (χ2v) is 9.89. The number of ether oxygens (including phenoxy) is 1. The lowest BCUT2D eigenvalue weighted by molar-refractivity contribution is -0.114. The highest BCUT2D eigenvalue weighted by atomic mass is 35.5. The number of carbonyl (C=O) groups excluding carboxylic acids is 2. The number of nitrogens with zero attached hydrogens (tertiary/aromatic N) is 1. The monoisotopic (exact) mass is 499 g/mol. The van der Waals surface area contributed by atoms with Crippen LogP contribution in [-0.2, 0) is 21.2 Å².